The lowest BCUT2D eigenvalue weighted by molar-refractivity contribution is 0.305. The van der Waals surface area contributed by atoms with Crippen molar-refractivity contribution in [2.45, 2.75) is 20.4 Å². The highest BCUT2D eigenvalue weighted by molar-refractivity contribution is 5.80. The molecule has 0 amide bonds. The van der Waals surface area contributed by atoms with E-state index >= 15 is 0 Å². The molecule has 3 aromatic heterocycles. The molecule has 0 aliphatic heterocycles. The van der Waals surface area contributed by atoms with Crippen molar-refractivity contribution in [1.82, 2.24) is 24.8 Å². The third-order valence-electron chi connectivity index (χ3n) is 3.82. The van der Waals surface area contributed by atoms with Crippen LogP contribution in [0.4, 0.5) is 0 Å². The average molecular weight is 305 g/mol. The third-order valence-corrected chi connectivity index (χ3v) is 3.82. The predicted octanol–water partition coefficient (Wildman–Crippen LogP) is 3.15. The van der Waals surface area contributed by atoms with Crippen molar-refractivity contribution in [3.8, 4) is 11.5 Å². The number of hydrogen-bond donors (Lipinski definition) is 0. The van der Waals surface area contributed by atoms with Crippen LogP contribution >= 0.6 is 0 Å². The molecule has 0 aliphatic carbocycles. The highest BCUT2D eigenvalue weighted by Crippen LogP contribution is 2.26. The van der Waals surface area contributed by atoms with E-state index in [2.05, 4.69) is 32.0 Å². The van der Waals surface area contributed by atoms with E-state index in [-0.39, 0.29) is 0 Å². The summed E-state index contributed by atoms with van der Waals surface area (Å²) in [6.45, 7) is 4.54. The lowest BCUT2D eigenvalue weighted by Crippen LogP contribution is -2.03. The first-order valence-electron chi connectivity index (χ1n) is 7.39. The maximum absolute atomic E-state index is 4.86. The number of pyridine rings is 1. The number of para-hydroxylation sites is 2. The van der Waals surface area contributed by atoms with Gasteiger partial charge in [0.05, 0.1) is 11.0 Å². The zero-order valence-electron chi connectivity index (χ0n) is 12.9. The molecule has 0 fully saturated rings. The summed E-state index contributed by atoms with van der Waals surface area (Å²) in [5.74, 6) is 0.763. The van der Waals surface area contributed by atoms with Crippen molar-refractivity contribution in [1.29, 1.82) is 0 Å². The Balaban J connectivity index is 1.91. The Bertz CT molecular complexity index is 985. The summed E-state index contributed by atoms with van der Waals surface area (Å²) in [6.07, 6.45) is 1.83. The van der Waals surface area contributed by atoms with E-state index in [0.29, 0.717) is 12.2 Å². The van der Waals surface area contributed by atoms with Gasteiger partial charge < -0.3 is 4.57 Å². The Morgan fingerprint density at radius 2 is 1.96 bits per heavy atom. The van der Waals surface area contributed by atoms with Gasteiger partial charge in [0.2, 0.25) is 0 Å². The number of aromatic nitrogens is 5. The van der Waals surface area contributed by atoms with Crippen LogP contribution in [0.5, 0.6) is 0 Å². The van der Waals surface area contributed by atoms with Gasteiger partial charge in [-0.15, -0.1) is 0 Å². The number of aryl methyl sites for hydroxylation is 2. The number of imidazole rings is 1. The van der Waals surface area contributed by atoms with E-state index in [0.717, 1.165) is 33.8 Å². The number of benzene rings is 1. The summed E-state index contributed by atoms with van der Waals surface area (Å²) >= 11 is 0. The first kappa shape index (κ1) is 13.6. The molecule has 6 heteroatoms. The zero-order chi connectivity index (χ0) is 15.8. The summed E-state index contributed by atoms with van der Waals surface area (Å²) in [6, 6.07) is 12.1. The molecule has 6 nitrogen and oxygen atoms in total. The molecule has 0 aliphatic rings. The highest BCUT2D eigenvalue weighted by atomic mass is 16.6. The summed E-state index contributed by atoms with van der Waals surface area (Å²) < 4.78 is 6.99. The molecule has 114 valence electrons. The van der Waals surface area contributed by atoms with Gasteiger partial charge in [0, 0.05) is 18.4 Å². The van der Waals surface area contributed by atoms with Crippen LogP contribution in [0.25, 0.3) is 22.6 Å². The van der Waals surface area contributed by atoms with Gasteiger partial charge in [-0.2, -0.15) is 0 Å². The average Bonchev–Trinajstić information content (AvgIpc) is 3.11. The van der Waals surface area contributed by atoms with Crippen LogP contribution in [-0.2, 0) is 6.54 Å². The minimum Gasteiger partial charge on any atom is -0.318 e. The van der Waals surface area contributed by atoms with E-state index in [9.17, 15) is 0 Å². The predicted molar refractivity (Wildman–Crippen MR) is 85.8 cm³/mol. The molecular weight excluding hydrogens is 290 g/mol. The van der Waals surface area contributed by atoms with Gasteiger partial charge in [-0.3, -0.25) is 4.98 Å². The smallest absolute Gasteiger partial charge is 0.173 e. The van der Waals surface area contributed by atoms with Crippen LogP contribution in [0.3, 0.4) is 0 Å². The van der Waals surface area contributed by atoms with Gasteiger partial charge >= 0.3 is 0 Å². The molecule has 0 bridgehead atoms. The van der Waals surface area contributed by atoms with Gasteiger partial charge in [-0.25, -0.2) is 9.61 Å². The molecule has 4 aromatic rings. The third kappa shape index (κ3) is 2.38. The minimum absolute atomic E-state index is 0.673. The van der Waals surface area contributed by atoms with E-state index in [1.54, 1.807) is 0 Å². The highest BCUT2D eigenvalue weighted by Gasteiger charge is 2.18. The summed E-state index contributed by atoms with van der Waals surface area (Å²) in [5.41, 5.74) is 5.54. The number of fused-ring (bicyclic) bond motifs is 1. The van der Waals surface area contributed by atoms with Crippen molar-refractivity contribution >= 4 is 11.0 Å². The molecule has 0 spiro atoms. The second-order valence-electron chi connectivity index (χ2n) is 5.51. The fourth-order valence-corrected chi connectivity index (χ4v) is 2.74. The van der Waals surface area contributed by atoms with E-state index in [1.807, 2.05) is 44.3 Å². The van der Waals surface area contributed by atoms with Crippen molar-refractivity contribution < 1.29 is 4.63 Å². The second kappa shape index (κ2) is 5.31. The Hall–Kier alpha value is -3.02. The Labute approximate surface area is 132 Å². The maximum Gasteiger partial charge on any atom is 0.173 e. The Kier molecular flexibility index (Phi) is 3.15. The van der Waals surface area contributed by atoms with E-state index in [4.69, 9.17) is 9.61 Å². The molecule has 0 unspecified atom stereocenters. The molecule has 0 atom stereocenters. The molecule has 0 radical (unpaired) electrons. The standard InChI is InChI=1S/C17H15N5O/c1-11-9-13(7-8-18-11)10-22-15-6-4-3-5-14(15)19-17(22)16-12(2)20-23-21-16/h3-9H,10H2,1-2H3. The lowest BCUT2D eigenvalue weighted by Gasteiger charge is -2.08. The maximum atomic E-state index is 4.86. The minimum atomic E-state index is 0.673. The lowest BCUT2D eigenvalue weighted by atomic mass is 10.2. The van der Waals surface area contributed by atoms with E-state index in [1.165, 1.54) is 0 Å². The van der Waals surface area contributed by atoms with Crippen LogP contribution in [0.1, 0.15) is 17.0 Å². The van der Waals surface area contributed by atoms with Gasteiger partial charge in [0.1, 0.15) is 5.69 Å². The quantitative estimate of drug-likeness (QED) is 0.581. The first-order valence-corrected chi connectivity index (χ1v) is 7.39. The summed E-state index contributed by atoms with van der Waals surface area (Å²) in [5, 5.41) is 7.90. The van der Waals surface area contributed by atoms with Crippen molar-refractivity contribution in [3.63, 3.8) is 0 Å². The molecule has 0 saturated heterocycles. The summed E-state index contributed by atoms with van der Waals surface area (Å²) in [7, 11) is 0. The number of hydrogen-bond acceptors (Lipinski definition) is 5. The number of nitrogens with zero attached hydrogens (tertiary/aromatic N) is 5. The topological polar surface area (TPSA) is 69.6 Å². The van der Waals surface area contributed by atoms with Gasteiger partial charge in [-0.05, 0) is 48.8 Å². The molecule has 3 heterocycles. The zero-order valence-corrected chi connectivity index (χ0v) is 12.9. The molecular formula is C17H15N5O. The van der Waals surface area contributed by atoms with Gasteiger partial charge in [-0.1, -0.05) is 17.3 Å². The monoisotopic (exact) mass is 305 g/mol. The second-order valence-corrected chi connectivity index (χ2v) is 5.51. The van der Waals surface area contributed by atoms with E-state index < -0.39 is 0 Å². The van der Waals surface area contributed by atoms with Crippen LogP contribution in [-0.4, -0.2) is 24.8 Å². The van der Waals surface area contributed by atoms with Crippen LogP contribution < -0.4 is 0 Å². The van der Waals surface area contributed by atoms with Crippen LogP contribution in [0.15, 0.2) is 47.2 Å². The first-order chi connectivity index (χ1) is 11.2. The fraction of sp³-hybridized carbons (Fsp3) is 0.176. The van der Waals surface area contributed by atoms with Crippen molar-refractivity contribution in [3.05, 3.63) is 59.5 Å². The Morgan fingerprint density at radius 3 is 2.74 bits per heavy atom. The largest absolute Gasteiger partial charge is 0.318 e. The Morgan fingerprint density at radius 1 is 1.09 bits per heavy atom. The molecule has 0 saturated carbocycles. The van der Waals surface area contributed by atoms with Crippen LogP contribution in [0, 0.1) is 13.8 Å². The number of rotatable bonds is 3. The molecule has 23 heavy (non-hydrogen) atoms. The molecule has 1 aromatic carbocycles. The van der Waals surface area contributed by atoms with Gasteiger partial charge in [0.15, 0.2) is 11.5 Å². The molecule has 0 N–H and O–H groups in total. The van der Waals surface area contributed by atoms with Crippen molar-refractivity contribution in [2.24, 2.45) is 0 Å². The SMILES string of the molecule is Cc1cc(Cn2c(-c3nonc3C)nc3ccccc32)ccn1. The van der Waals surface area contributed by atoms with Crippen molar-refractivity contribution in [2.75, 3.05) is 0 Å². The normalized spacial score (nSPS) is 11.2. The van der Waals surface area contributed by atoms with Gasteiger partial charge in [0.25, 0.3) is 0 Å². The summed E-state index contributed by atoms with van der Waals surface area (Å²) in [4.78, 5) is 8.98. The van der Waals surface area contributed by atoms with Crippen LogP contribution in [0.2, 0.25) is 0 Å². The molecule has 4 rings (SSSR count). The fourth-order valence-electron chi connectivity index (χ4n) is 2.74.